The molecule has 2 fully saturated rings. The standard InChI is InChI=1S/C19H28N2O4/c1-23-13-14-25-18-7-8-21(19(22)20-9-11-24-12-10-20)17(18)15-16-5-3-2-4-6-16/h2-6,17-18H,7-15H2,1H3/t17-,18-/m0/s1. The Morgan fingerprint density at radius 2 is 1.92 bits per heavy atom. The number of methoxy groups -OCH3 is 1. The molecule has 138 valence electrons. The molecule has 2 amide bonds. The van der Waals surface area contributed by atoms with Crippen LogP contribution in [0, 0.1) is 0 Å². The van der Waals surface area contributed by atoms with E-state index in [0.29, 0.717) is 39.5 Å². The minimum absolute atomic E-state index is 0.0559. The van der Waals surface area contributed by atoms with Crippen molar-refractivity contribution in [3.63, 3.8) is 0 Å². The van der Waals surface area contributed by atoms with E-state index in [2.05, 4.69) is 12.1 Å². The third-order valence-corrected chi connectivity index (χ3v) is 4.92. The molecule has 2 aliphatic heterocycles. The van der Waals surface area contributed by atoms with Crippen molar-refractivity contribution in [3.05, 3.63) is 35.9 Å². The highest BCUT2D eigenvalue weighted by Crippen LogP contribution is 2.26. The van der Waals surface area contributed by atoms with E-state index in [9.17, 15) is 4.79 Å². The Balaban J connectivity index is 1.69. The lowest BCUT2D eigenvalue weighted by Crippen LogP contribution is -2.51. The normalized spacial score (nSPS) is 23.9. The first-order chi connectivity index (χ1) is 12.3. The van der Waals surface area contributed by atoms with Gasteiger partial charge in [-0.05, 0) is 18.4 Å². The first-order valence-electron chi connectivity index (χ1n) is 9.07. The van der Waals surface area contributed by atoms with Gasteiger partial charge in [-0.3, -0.25) is 0 Å². The van der Waals surface area contributed by atoms with Crippen LogP contribution < -0.4 is 0 Å². The Hall–Kier alpha value is -1.63. The fraction of sp³-hybridized carbons (Fsp3) is 0.632. The molecule has 6 heteroatoms. The monoisotopic (exact) mass is 348 g/mol. The zero-order chi connectivity index (χ0) is 17.5. The van der Waals surface area contributed by atoms with E-state index in [-0.39, 0.29) is 18.2 Å². The average Bonchev–Trinajstić information content (AvgIpc) is 3.05. The molecule has 6 nitrogen and oxygen atoms in total. The van der Waals surface area contributed by atoms with Crippen molar-refractivity contribution >= 4 is 6.03 Å². The van der Waals surface area contributed by atoms with Gasteiger partial charge in [-0.15, -0.1) is 0 Å². The van der Waals surface area contributed by atoms with Crippen LogP contribution in [0.15, 0.2) is 30.3 Å². The van der Waals surface area contributed by atoms with Gasteiger partial charge >= 0.3 is 6.03 Å². The number of morpholine rings is 1. The van der Waals surface area contributed by atoms with Crippen molar-refractivity contribution < 1.29 is 19.0 Å². The van der Waals surface area contributed by atoms with Crippen LogP contribution in [0.5, 0.6) is 0 Å². The zero-order valence-corrected chi connectivity index (χ0v) is 14.9. The molecule has 0 spiro atoms. The largest absolute Gasteiger partial charge is 0.382 e. The van der Waals surface area contributed by atoms with Crippen LogP contribution in [-0.4, -0.2) is 81.1 Å². The fourth-order valence-corrected chi connectivity index (χ4v) is 3.57. The number of carbonyl (C=O) groups excluding carboxylic acids is 1. The lowest BCUT2D eigenvalue weighted by atomic mass is 10.0. The van der Waals surface area contributed by atoms with Gasteiger partial charge in [0.2, 0.25) is 0 Å². The highest BCUT2D eigenvalue weighted by molar-refractivity contribution is 5.75. The van der Waals surface area contributed by atoms with E-state index in [1.165, 1.54) is 5.56 Å². The molecule has 2 atom stereocenters. The van der Waals surface area contributed by atoms with Crippen LogP contribution in [0.25, 0.3) is 0 Å². The lowest BCUT2D eigenvalue weighted by molar-refractivity contribution is -0.00135. The number of ether oxygens (including phenoxy) is 3. The molecule has 0 radical (unpaired) electrons. The number of carbonyl (C=O) groups is 1. The molecule has 0 aromatic heterocycles. The number of hydrogen-bond acceptors (Lipinski definition) is 4. The van der Waals surface area contributed by atoms with E-state index in [0.717, 1.165) is 19.4 Å². The molecule has 2 aliphatic rings. The number of rotatable bonds is 6. The number of amides is 2. The first-order valence-corrected chi connectivity index (χ1v) is 9.07. The molecule has 2 saturated heterocycles. The third-order valence-electron chi connectivity index (χ3n) is 4.92. The van der Waals surface area contributed by atoms with Gasteiger partial charge < -0.3 is 24.0 Å². The summed E-state index contributed by atoms with van der Waals surface area (Å²) >= 11 is 0. The van der Waals surface area contributed by atoms with E-state index >= 15 is 0 Å². The topological polar surface area (TPSA) is 51.2 Å². The summed E-state index contributed by atoms with van der Waals surface area (Å²) in [5.74, 6) is 0. The summed E-state index contributed by atoms with van der Waals surface area (Å²) in [5.41, 5.74) is 1.23. The van der Waals surface area contributed by atoms with Crippen LogP contribution in [0.2, 0.25) is 0 Å². The highest BCUT2D eigenvalue weighted by Gasteiger charge is 2.39. The average molecular weight is 348 g/mol. The maximum absolute atomic E-state index is 13.0. The Kier molecular flexibility index (Phi) is 6.67. The maximum Gasteiger partial charge on any atom is 0.320 e. The van der Waals surface area contributed by atoms with Crippen molar-refractivity contribution in [2.75, 3.05) is 53.2 Å². The second-order valence-corrected chi connectivity index (χ2v) is 6.52. The Morgan fingerprint density at radius 3 is 2.64 bits per heavy atom. The SMILES string of the molecule is COCCO[C@H]1CCN(C(=O)N2CCOCC2)[C@H]1Cc1ccccc1. The Morgan fingerprint density at radius 1 is 1.16 bits per heavy atom. The summed E-state index contributed by atoms with van der Waals surface area (Å²) in [4.78, 5) is 16.9. The molecule has 2 heterocycles. The van der Waals surface area contributed by atoms with Crippen molar-refractivity contribution in [2.24, 2.45) is 0 Å². The molecule has 0 bridgehead atoms. The summed E-state index contributed by atoms with van der Waals surface area (Å²) in [6.45, 7) is 4.46. The maximum atomic E-state index is 13.0. The van der Waals surface area contributed by atoms with Gasteiger partial charge in [0.15, 0.2) is 0 Å². The molecular formula is C19H28N2O4. The Labute approximate surface area is 149 Å². The third kappa shape index (κ3) is 4.71. The number of hydrogen-bond donors (Lipinski definition) is 0. The summed E-state index contributed by atoms with van der Waals surface area (Å²) < 4.78 is 16.5. The van der Waals surface area contributed by atoms with Crippen LogP contribution in [-0.2, 0) is 20.6 Å². The lowest BCUT2D eigenvalue weighted by Gasteiger charge is -2.35. The fourth-order valence-electron chi connectivity index (χ4n) is 3.57. The number of nitrogens with zero attached hydrogens (tertiary/aromatic N) is 2. The Bertz CT molecular complexity index is 533. The second kappa shape index (κ2) is 9.17. The van der Waals surface area contributed by atoms with Gasteiger partial charge in [0, 0.05) is 26.7 Å². The van der Waals surface area contributed by atoms with E-state index < -0.39 is 0 Å². The quantitative estimate of drug-likeness (QED) is 0.736. The van der Waals surface area contributed by atoms with Gasteiger partial charge in [-0.1, -0.05) is 30.3 Å². The van der Waals surface area contributed by atoms with E-state index in [4.69, 9.17) is 14.2 Å². The highest BCUT2D eigenvalue weighted by atomic mass is 16.5. The molecular weight excluding hydrogens is 320 g/mol. The summed E-state index contributed by atoms with van der Waals surface area (Å²) in [5, 5.41) is 0. The summed E-state index contributed by atoms with van der Waals surface area (Å²) in [6, 6.07) is 10.5. The van der Waals surface area contributed by atoms with Crippen molar-refractivity contribution in [1.82, 2.24) is 9.80 Å². The van der Waals surface area contributed by atoms with Crippen LogP contribution >= 0.6 is 0 Å². The van der Waals surface area contributed by atoms with Gasteiger partial charge in [-0.2, -0.15) is 0 Å². The molecule has 0 N–H and O–H groups in total. The molecule has 0 aliphatic carbocycles. The van der Waals surface area contributed by atoms with Crippen molar-refractivity contribution in [2.45, 2.75) is 25.0 Å². The number of likely N-dealkylation sites (tertiary alicyclic amines) is 1. The molecule has 1 aromatic carbocycles. The van der Waals surface area contributed by atoms with Crippen LogP contribution in [0.1, 0.15) is 12.0 Å². The van der Waals surface area contributed by atoms with Gasteiger partial charge in [-0.25, -0.2) is 4.79 Å². The van der Waals surface area contributed by atoms with E-state index in [1.54, 1.807) is 7.11 Å². The van der Waals surface area contributed by atoms with Crippen molar-refractivity contribution in [1.29, 1.82) is 0 Å². The second-order valence-electron chi connectivity index (χ2n) is 6.52. The summed E-state index contributed by atoms with van der Waals surface area (Å²) in [7, 11) is 1.67. The number of benzene rings is 1. The predicted octanol–water partition coefficient (Wildman–Crippen LogP) is 1.79. The van der Waals surface area contributed by atoms with E-state index in [1.807, 2.05) is 28.0 Å². The molecule has 0 unspecified atom stereocenters. The van der Waals surface area contributed by atoms with Crippen LogP contribution in [0.3, 0.4) is 0 Å². The van der Waals surface area contributed by atoms with Crippen LogP contribution in [0.4, 0.5) is 4.79 Å². The molecule has 25 heavy (non-hydrogen) atoms. The smallest absolute Gasteiger partial charge is 0.320 e. The molecule has 3 rings (SSSR count). The minimum Gasteiger partial charge on any atom is -0.382 e. The van der Waals surface area contributed by atoms with Crippen molar-refractivity contribution in [3.8, 4) is 0 Å². The summed E-state index contributed by atoms with van der Waals surface area (Å²) in [6.07, 6.45) is 1.74. The number of urea groups is 1. The van der Waals surface area contributed by atoms with Gasteiger partial charge in [0.05, 0.1) is 38.6 Å². The zero-order valence-electron chi connectivity index (χ0n) is 14.9. The first kappa shape index (κ1) is 18.2. The van der Waals surface area contributed by atoms with Gasteiger partial charge in [0.1, 0.15) is 0 Å². The minimum atomic E-state index is 0.0559. The molecule has 0 saturated carbocycles. The predicted molar refractivity (Wildman–Crippen MR) is 94.7 cm³/mol. The van der Waals surface area contributed by atoms with Gasteiger partial charge in [0.25, 0.3) is 0 Å². The molecule has 1 aromatic rings.